The fourth-order valence-electron chi connectivity index (χ4n) is 2.43. The summed E-state index contributed by atoms with van der Waals surface area (Å²) in [5.74, 6) is 0.223. The summed E-state index contributed by atoms with van der Waals surface area (Å²) in [6.45, 7) is 12.7. The van der Waals surface area contributed by atoms with E-state index >= 15 is 0 Å². The number of para-hydroxylation sites is 2. The smallest absolute Gasteiger partial charge is 0.142 e. The third kappa shape index (κ3) is 3.94. The van der Waals surface area contributed by atoms with E-state index in [0.29, 0.717) is 5.69 Å². The Labute approximate surface area is 144 Å². The van der Waals surface area contributed by atoms with Crippen molar-refractivity contribution in [1.29, 1.82) is 0 Å². The highest BCUT2D eigenvalue weighted by Gasteiger charge is 2.23. The van der Waals surface area contributed by atoms with Crippen molar-refractivity contribution in [2.24, 2.45) is 0 Å². The van der Waals surface area contributed by atoms with Crippen LogP contribution < -0.4 is 5.73 Å². The molecule has 5 N–H and O–H groups in total. The Kier molecular flexibility index (Phi) is 4.70. The van der Waals surface area contributed by atoms with Crippen LogP contribution in [0.3, 0.4) is 0 Å². The molecule has 4 heteroatoms. The van der Waals surface area contributed by atoms with Gasteiger partial charge < -0.3 is 10.8 Å². The zero-order valence-electron chi connectivity index (χ0n) is 15.5. The number of aromatic hydroxyl groups is 1. The number of hydrogen-bond donors (Lipinski definition) is 4. The van der Waals surface area contributed by atoms with Gasteiger partial charge in [0.1, 0.15) is 5.75 Å². The Morgan fingerprint density at radius 1 is 0.833 bits per heavy atom. The number of fused-ring (bicyclic) bond motifs is 1. The Hall–Kier alpha value is -2.36. The molecule has 0 bridgehead atoms. The molecule has 4 nitrogen and oxygen atoms in total. The van der Waals surface area contributed by atoms with E-state index in [1.54, 1.807) is 0 Å². The highest BCUT2D eigenvalue weighted by atomic mass is 16.3. The number of aromatic nitrogens is 2. The standard InChI is InChI=1S/C14H23NO.C6H6N2/c1-13(2,3)9-7-10(14(4,5)6)12(16)11(15)8-9;1-2-4-6-5(3-1)7-8-6/h7-8,16H,15H2,1-6H3;1-4,7-8H. The van der Waals surface area contributed by atoms with Crippen molar-refractivity contribution in [2.45, 2.75) is 52.4 Å². The van der Waals surface area contributed by atoms with Crippen LogP contribution in [0.2, 0.25) is 0 Å². The number of nitrogens with two attached hydrogens (primary N) is 1. The van der Waals surface area contributed by atoms with Gasteiger partial charge in [-0.2, -0.15) is 0 Å². The van der Waals surface area contributed by atoms with Crippen LogP contribution in [0.5, 0.6) is 5.75 Å². The SMILES string of the molecule is CC(C)(C)c1cc(N)c(O)c(C(C)(C)C)c1.c1ccc2[nH][nH]c2c1. The summed E-state index contributed by atoms with van der Waals surface area (Å²) in [6, 6.07) is 12.0. The fraction of sp³-hybridized carbons (Fsp3) is 0.400. The molecule has 0 fully saturated rings. The predicted octanol–water partition coefficient (Wildman–Crippen LogP) is 5.07. The largest absolute Gasteiger partial charge is 0.505 e. The second-order valence-electron chi connectivity index (χ2n) is 8.26. The van der Waals surface area contributed by atoms with E-state index in [1.807, 2.05) is 30.3 Å². The van der Waals surface area contributed by atoms with Crippen LogP contribution in [0.15, 0.2) is 36.4 Å². The number of nitrogen functional groups attached to an aromatic ring is 1. The Balaban J connectivity index is 0.000000214. The molecule has 0 saturated carbocycles. The van der Waals surface area contributed by atoms with Gasteiger partial charge in [-0.15, -0.1) is 0 Å². The van der Waals surface area contributed by atoms with Gasteiger partial charge in [0.2, 0.25) is 0 Å². The van der Waals surface area contributed by atoms with Gasteiger partial charge in [-0.3, -0.25) is 10.2 Å². The zero-order valence-corrected chi connectivity index (χ0v) is 15.5. The number of phenolic OH excluding ortho intramolecular Hbond substituents is 1. The van der Waals surface area contributed by atoms with Crippen molar-refractivity contribution in [3.05, 3.63) is 47.5 Å². The summed E-state index contributed by atoms with van der Waals surface area (Å²) >= 11 is 0. The number of rotatable bonds is 0. The summed E-state index contributed by atoms with van der Waals surface area (Å²) in [5, 5.41) is 15.9. The molecule has 0 spiro atoms. The predicted molar refractivity (Wildman–Crippen MR) is 103 cm³/mol. The number of phenols is 1. The lowest BCUT2D eigenvalue weighted by atomic mass is 9.80. The van der Waals surface area contributed by atoms with E-state index in [0.717, 1.165) is 11.1 Å². The maximum Gasteiger partial charge on any atom is 0.142 e. The highest BCUT2D eigenvalue weighted by molar-refractivity contribution is 5.75. The molecule has 1 heterocycles. The number of benzene rings is 2. The molecule has 130 valence electrons. The quantitative estimate of drug-likeness (QED) is 0.344. The van der Waals surface area contributed by atoms with Crippen LogP contribution in [-0.2, 0) is 10.8 Å². The zero-order chi connectivity index (χ0) is 18.1. The molecule has 0 aliphatic carbocycles. The molecule has 0 aliphatic heterocycles. The van der Waals surface area contributed by atoms with Crippen LogP contribution in [0.1, 0.15) is 52.7 Å². The Morgan fingerprint density at radius 2 is 1.33 bits per heavy atom. The Morgan fingerprint density at radius 3 is 1.67 bits per heavy atom. The van der Waals surface area contributed by atoms with Crippen LogP contribution >= 0.6 is 0 Å². The average molecular weight is 327 g/mol. The minimum atomic E-state index is -0.0978. The van der Waals surface area contributed by atoms with Gasteiger partial charge in [-0.1, -0.05) is 59.7 Å². The lowest BCUT2D eigenvalue weighted by molar-refractivity contribution is 0.447. The summed E-state index contributed by atoms with van der Waals surface area (Å²) in [7, 11) is 0. The van der Waals surface area contributed by atoms with Gasteiger partial charge in [-0.25, -0.2) is 0 Å². The van der Waals surface area contributed by atoms with E-state index in [-0.39, 0.29) is 16.6 Å². The van der Waals surface area contributed by atoms with Crippen molar-refractivity contribution in [3.63, 3.8) is 0 Å². The molecule has 3 rings (SSSR count). The molecule has 0 unspecified atom stereocenters. The number of anilines is 1. The van der Waals surface area contributed by atoms with Crippen LogP contribution in [0.4, 0.5) is 5.69 Å². The van der Waals surface area contributed by atoms with Crippen molar-refractivity contribution in [2.75, 3.05) is 5.73 Å². The first-order valence-corrected chi connectivity index (χ1v) is 8.24. The molecule has 0 atom stereocenters. The van der Waals surface area contributed by atoms with E-state index in [9.17, 15) is 5.11 Å². The molecule has 0 radical (unpaired) electrons. The van der Waals surface area contributed by atoms with Crippen LogP contribution in [0.25, 0.3) is 11.0 Å². The molecule has 1 aromatic heterocycles. The molecule has 0 saturated heterocycles. The summed E-state index contributed by atoms with van der Waals surface area (Å²) in [4.78, 5) is 0. The average Bonchev–Trinajstić information content (AvgIpc) is 2.41. The van der Waals surface area contributed by atoms with Gasteiger partial charge in [0.05, 0.1) is 16.7 Å². The second kappa shape index (κ2) is 6.27. The third-order valence-electron chi connectivity index (χ3n) is 4.07. The molecule has 24 heavy (non-hydrogen) atoms. The van der Waals surface area contributed by atoms with Gasteiger partial charge in [0.15, 0.2) is 0 Å². The number of H-pyrrole nitrogens is 2. The first-order valence-electron chi connectivity index (χ1n) is 8.24. The van der Waals surface area contributed by atoms with Crippen molar-refractivity contribution < 1.29 is 5.11 Å². The number of hydrogen-bond acceptors (Lipinski definition) is 2. The Bertz CT molecular complexity index is 783. The van der Waals surface area contributed by atoms with Crippen molar-refractivity contribution in [3.8, 4) is 5.75 Å². The molecule has 0 amide bonds. The van der Waals surface area contributed by atoms with Gasteiger partial charge in [-0.05, 0) is 34.6 Å². The van der Waals surface area contributed by atoms with Crippen molar-refractivity contribution >= 4 is 16.7 Å². The van der Waals surface area contributed by atoms with E-state index in [1.165, 1.54) is 11.0 Å². The van der Waals surface area contributed by atoms with Crippen LogP contribution in [-0.4, -0.2) is 15.3 Å². The minimum Gasteiger partial charge on any atom is -0.505 e. The molecular formula is C20H29N3O. The van der Waals surface area contributed by atoms with Crippen molar-refractivity contribution in [1.82, 2.24) is 10.2 Å². The molecule has 3 aromatic rings. The maximum atomic E-state index is 10.00. The maximum absolute atomic E-state index is 10.00. The monoisotopic (exact) mass is 327 g/mol. The van der Waals surface area contributed by atoms with E-state index in [4.69, 9.17) is 5.73 Å². The topological polar surface area (TPSA) is 77.8 Å². The van der Waals surface area contributed by atoms with Crippen LogP contribution in [0, 0.1) is 0 Å². The fourth-order valence-corrected chi connectivity index (χ4v) is 2.43. The minimum absolute atomic E-state index is 0.0435. The van der Waals surface area contributed by atoms with Gasteiger partial charge >= 0.3 is 0 Å². The molecule has 0 aliphatic rings. The van der Waals surface area contributed by atoms with Gasteiger partial charge in [0, 0.05) is 5.56 Å². The summed E-state index contributed by atoms with van der Waals surface area (Å²) in [5.41, 5.74) is 10.7. The van der Waals surface area contributed by atoms with E-state index < -0.39 is 0 Å². The summed E-state index contributed by atoms with van der Waals surface area (Å²) in [6.07, 6.45) is 0. The second-order valence-corrected chi connectivity index (χ2v) is 8.26. The number of aromatic amines is 2. The summed E-state index contributed by atoms with van der Waals surface area (Å²) < 4.78 is 0. The molecule has 2 aromatic carbocycles. The highest BCUT2D eigenvalue weighted by Crippen LogP contribution is 2.38. The van der Waals surface area contributed by atoms with Gasteiger partial charge in [0.25, 0.3) is 0 Å². The normalized spacial score (nSPS) is 12.1. The number of nitrogens with one attached hydrogen (secondary N) is 2. The first kappa shape index (κ1) is 18.0. The first-order chi connectivity index (χ1) is 11.0. The molecular weight excluding hydrogens is 298 g/mol. The lowest BCUT2D eigenvalue weighted by Crippen LogP contribution is -2.17. The lowest BCUT2D eigenvalue weighted by Gasteiger charge is -2.26. The van der Waals surface area contributed by atoms with E-state index in [2.05, 4.69) is 57.8 Å². The third-order valence-corrected chi connectivity index (χ3v) is 4.07.